The summed E-state index contributed by atoms with van der Waals surface area (Å²) in [5.41, 5.74) is 0. The van der Waals surface area contributed by atoms with Crippen molar-refractivity contribution in [2.24, 2.45) is 0 Å². The zero-order chi connectivity index (χ0) is 14.8. The fourth-order valence-electron chi connectivity index (χ4n) is 2.62. The summed E-state index contributed by atoms with van der Waals surface area (Å²) in [6.07, 6.45) is 1.52. The number of morpholine rings is 1. The Balaban J connectivity index is 1.71. The Labute approximate surface area is 123 Å². The van der Waals surface area contributed by atoms with Gasteiger partial charge in [-0.1, -0.05) is 5.16 Å². The van der Waals surface area contributed by atoms with E-state index in [0.29, 0.717) is 18.3 Å². The Morgan fingerprint density at radius 1 is 1.38 bits per heavy atom. The van der Waals surface area contributed by atoms with Crippen molar-refractivity contribution in [2.45, 2.75) is 46.1 Å². The molecule has 8 nitrogen and oxygen atoms in total. The van der Waals surface area contributed by atoms with E-state index in [0.717, 1.165) is 25.5 Å². The highest BCUT2D eigenvalue weighted by atomic mass is 16.5. The second kappa shape index (κ2) is 5.90. The molecule has 1 aliphatic rings. The summed E-state index contributed by atoms with van der Waals surface area (Å²) in [5.74, 6) is 2.14. The first-order valence-electron chi connectivity index (χ1n) is 7.20. The predicted octanol–water partition coefficient (Wildman–Crippen LogP) is 0.951. The Kier molecular flexibility index (Phi) is 3.98. The van der Waals surface area contributed by atoms with Gasteiger partial charge in [-0.2, -0.15) is 10.1 Å². The Morgan fingerprint density at radius 2 is 2.24 bits per heavy atom. The normalized spacial score (nSPS) is 23.6. The number of hydrogen-bond acceptors (Lipinski definition) is 7. The van der Waals surface area contributed by atoms with E-state index in [1.54, 1.807) is 13.3 Å². The number of rotatable bonds is 4. The van der Waals surface area contributed by atoms with E-state index in [-0.39, 0.29) is 12.2 Å². The molecule has 3 heterocycles. The van der Waals surface area contributed by atoms with Crippen LogP contribution in [0.2, 0.25) is 0 Å². The summed E-state index contributed by atoms with van der Waals surface area (Å²) in [7, 11) is 0. The van der Waals surface area contributed by atoms with Crippen molar-refractivity contribution < 1.29 is 9.26 Å². The van der Waals surface area contributed by atoms with Crippen LogP contribution in [-0.4, -0.2) is 49.0 Å². The summed E-state index contributed by atoms with van der Waals surface area (Å²) in [4.78, 5) is 10.9. The average molecular weight is 292 g/mol. The molecular formula is C13H20N6O2. The fraction of sp³-hybridized carbons (Fsp3) is 0.692. The number of nitrogens with zero attached hydrogens (tertiary/aromatic N) is 6. The summed E-state index contributed by atoms with van der Waals surface area (Å²) < 4.78 is 13.1. The van der Waals surface area contributed by atoms with E-state index in [9.17, 15) is 0 Å². The predicted molar refractivity (Wildman–Crippen MR) is 73.3 cm³/mol. The molecule has 0 amide bonds. The average Bonchev–Trinajstić information content (AvgIpc) is 3.07. The van der Waals surface area contributed by atoms with Crippen LogP contribution >= 0.6 is 0 Å². The molecule has 2 aromatic heterocycles. The van der Waals surface area contributed by atoms with Crippen molar-refractivity contribution in [1.82, 2.24) is 29.8 Å². The highest BCUT2D eigenvalue weighted by Gasteiger charge is 2.30. The molecule has 8 heteroatoms. The van der Waals surface area contributed by atoms with E-state index in [2.05, 4.69) is 32.0 Å². The minimum atomic E-state index is -0.187. The molecule has 1 aliphatic heterocycles. The molecule has 0 unspecified atom stereocenters. The van der Waals surface area contributed by atoms with Gasteiger partial charge in [0.05, 0.1) is 12.6 Å². The molecule has 1 saturated heterocycles. The maximum absolute atomic E-state index is 5.91. The summed E-state index contributed by atoms with van der Waals surface area (Å²) in [5, 5.41) is 8.04. The third kappa shape index (κ3) is 3.11. The zero-order valence-electron chi connectivity index (χ0n) is 12.6. The van der Waals surface area contributed by atoms with Crippen LogP contribution in [0.15, 0.2) is 10.9 Å². The standard InChI is InChI=1S/C13H20N6O2/c1-4-19-12(14-8-15-19)7-18-5-9(2)20-11(6-18)13-16-10(3)17-21-13/h8-9,11H,4-7H2,1-3H3/t9-,11-/m1/s1. The third-order valence-electron chi connectivity index (χ3n) is 3.51. The maximum Gasteiger partial charge on any atom is 0.257 e. The van der Waals surface area contributed by atoms with Crippen LogP contribution < -0.4 is 0 Å². The molecule has 0 saturated carbocycles. The van der Waals surface area contributed by atoms with E-state index in [1.165, 1.54) is 0 Å². The van der Waals surface area contributed by atoms with Gasteiger partial charge in [0.1, 0.15) is 18.3 Å². The van der Waals surface area contributed by atoms with Crippen LogP contribution in [-0.2, 0) is 17.8 Å². The minimum absolute atomic E-state index is 0.106. The van der Waals surface area contributed by atoms with Crippen molar-refractivity contribution in [2.75, 3.05) is 13.1 Å². The smallest absolute Gasteiger partial charge is 0.257 e. The zero-order valence-corrected chi connectivity index (χ0v) is 12.6. The van der Waals surface area contributed by atoms with Crippen molar-refractivity contribution in [1.29, 1.82) is 0 Å². The van der Waals surface area contributed by atoms with Gasteiger partial charge in [0, 0.05) is 19.6 Å². The molecule has 0 bridgehead atoms. The van der Waals surface area contributed by atoms with E-state index < -0.39 is 0 Å². The Hall–Kier alpha value is -1.80. The lowest BCUT2D eigenvalue weighted by Crippen LogP contribution is -2.42. The first kappa shape index (κ1) is 14.2. The lowest BCUT2D eigenvalue weighted by Gasteiger charge is -2.34. The Bertz CT molecular complexity index is 595. The van der Waals surface area contributed by atoms with Crippen molar-refractivity contribution in [3.8, 4) is 0 Å². The van der Waals surface area contributed by atoms with Crippen molar-refractivity contribution >= 4 is 0 Å². The highest BCUT2D eigenvalue weighted by molar-refractivity contribution is 4.94. The molecule has 21 heavy (non-hydrogen) atoms. The molecule has 0 aliphatic carbocycles. The molecule has 0 aromatic carbocycles. The van der Waals surface area contributed by atoms with E-state index in [1.807, 2.05) is 11.6 Å². The summed E-state index contributed by atoms with van der Waals surface area (Å²) in [6.45, 7) is 9.03. The van der Waals surface area contributed by atoms with Crippen LogP contribution in [0.4, 0.5) is 0 Å². The topological polar surface area (TPSA) is 82.1 Å². The van der Waals surface area contributed by atoms with Gasteiger partial charge in [-0.15, -0.1) is 0 Å². The van der Waals surface area contributed by atoms with E-state index in [4.69, 9.17) is 9.26 Å². The SMILES string of the molecule is CCn1ncnc1CN1C[C@@H](C)O[C@@H](c2nc(C)no2)C1. The molecule has 3 rings (SSSR count). The van der Waals surface area contributed by atoms with E-state index >= 15 is 0 Å². The fourth-order valence-corrected chi connectivity index (χ4v) is 2.62. The van der Waals surface area contributed by atoms with Crippen LogP contribution in [0.3, 0.4) is 0 Å². The molecule has 0 spiro atoms. The first-order chi connectivity index (χ1) is 10.2. The monoisotopic (exact) mass is 292 g/mol. The van der Waals surface area contributed by atoms with Gasteiger partial charge in [-0.05, 0) is 20.8 Å². The summed E-state index contributed by atoms with van der Waals surface area (Å²) >= 11 is 0. The van der Waals surface area contributed by atoms with Gasteiger partial charge in [0.2, 0.25) is 0 Å². The van der Waals surface area contributed by atoms with Crippen LogP contribution in [0.25, 0.3) is 0 Å². The third-order valence-corrected chi connectivity index (χ3v) is 3.51. The van der Waals surface area contributed by atoms with Crippen molar-refractivity contribution in [3.63, 3.8) is 0 Å². The number of ether oxygens (including phenoxy) is 1. The second-order valence-corrected chi connectivity index (χ2v) is 5.30. The molecule has 0 N–H and O–H groups in total. The number of hydrogen-bond donors (Lipinski definition) is 0. The molecule has 2 atom stereocenters. The lowest BCUT2D eigenvalue weighted by molar-refractivity contribution is -0.0938. The lowest BCUT2D eigenvalue weighted by atomic mass is 10.2. The summed E-state index contributed by atoms with van der Waals surface area (Å²) in [6, 6.07) is 0. The minimum Gasteiger partial charge on any atom is -0.363 e. The van der Waals surface area contributed by atoms with Crippen LogP contribution in [0.5, 0.6) is 0 Å². The number of aryl methyl sites for hydroxylation is 2. The Morgan fingerprint density at radius 3 is 2.95 bits per heavy atom. The van der Waals surface area contributed by atoms with Crippen LogP contribution in [0, 0.1) is 6.92 Å². The molecule has 0 radical (unpaired) electrons. The van der Waals surface area contributed by atoms with Crippen molar-refractivity contribution in [3.05, 3.63) is 23.9 Å². The molecule has 114 valence electrons. The molecule has 2 aromatic rings. The first-order valence-corrected chi connectivity index (χ1v) is 7.20. The molecule has 1 fully saturated rings. The van der Waals surface area contributed by atoms with Crippen LogP contribution in [0.1, 0.15) is 37.5 Å². The van der Waals surface area contributed by atoms with Gasteiger partial charge in [0.15, 0.2) is 5.82 Å². The highest BCUT2D eigenvalue weighted by Crippen LogP contribution is 2.24. The van der Waals surface area contributed by atoms with Gasteiger partial charge in [0.25, 0.3) is 5.89 Å². The largest absolute Gasteiger partial charge is 0.363 e. The maximum atomic E-state index is 5.91. The number of aromatic nitrogens is 5. The van der Waals surface area contributed by atoms with Gasteiger partial charge < -0.3 is 9.26 Å². The quantitative estimate of drug-likeness (QED) is 0.829. The molecular weight excluding hydrogens is 272 g/mol. The van der Waals surface area contributed by atoms with Gasteiger partial charge >= 0.3 is 0 Å². The van der Waals surface area contributed by atoms with Gasteiger partial charge in [-0.3, -0.25) is 4.90 Å². The second-order valence-electron chi connectivity index (χ2n) is 5.30. The van der Waals surface area contributed by atoms with Gasteiger partial charge in [-0.25, -0.2) is 9.67 Å².